The van der Waals surface area contributed by atoms with Crippen LogP contribution in [0.4, 0.5) is 0 Å². The zero-order valence-corrected chi connectivity index (χ0v) is 9.47. The van der Waals surface area contributed by atoms with Crippen LogP contribution in [-0.2, 0) is 0 Å². The first kappa shape index (κ1) is 9.40. The van der Waals surface area contributed by atoms with Crippen molar-refractivity contribution in [1.29, 1.82) is 0 Å². The Kier molecular flexibility index (Phi) is 2.15. The highest BCUT2D eigenvalue weighted by atomic mass is 79.9. The molecule has 14 heavy (non-hydrogen) atoms. The smallest absolute Gasteiger partial charge is 0.162 e. The molecule has 0 bridgehead atoms. The van der Waals surface area contributed by atoms with E-state index in [0.717, 1.165) is 21.1 Å². The lowest BCUT2D eigenvalue weighted by Gasteiger charge is -2.00. The van der Waals surface area contributed by atoms with Gasteiger partial charge in [0.05, 0.1) is 0 Å². The van der Waals surface area contributed by atoms with Gasteiger partial charge in [0.2, 0.25) is 0 Å². The number of aromatic amines is 1. The Bertz CT molecular complexity index is 516. The van der Waals surface area contributed by atoms with Crippen LogP contribution >= 0.6 is 15.9 Å². The van der Waals surface area contributed by atoms with Gasteiger partial charge in [-0.05, 0) is 35.3 Å². The number of ketones is 1. The van der Waals surface area contributed by atoms with Crippen molar-refractivity contribution in [3.63, 3.8) is 0 Å². The van der Waals surface area contributed by atoms with E-state index in [1.165, 1.54) is 0 Å². The van der Waals surface area contributed by atoms with Crippen molar-refractivity contribution < 1.29 is 4.79 Å². The molecular formula is C10H9BrN2O. The third-order valence-electron chi connectivity index (χ3n) is 2.28. The molecular weight excluding hydrogens is 244 g/mol. The molecule has 2 rings (SSSR count). The first-order valence-corrected chi connectivity index (χ1v) is 5.03. The third kappa shape index (κ3) is 1.26. The summed E-state index contributed by atoms with van der Waals surface area (Å²) in [6, 6.07) is 0. The topological polar surface area (TPSA) is 45.8 Å². The maximum Gasteiger partial charge on any atom is 0.162 e. The van der Waals surface area contributed by atoms with Crippen LogP contribution in [0.15, 0.2) is 16.9 Å². The van der Waals surface area contributed by atoms with Crippen molar-refractivity contribution in [3.8, 4) is 0 Å². The van der Waals surface area contributed by atoms with Crippen LogP contribution in [0.5, 0.6) is 0 Å². The number of H-pyrrole nitrogens is 1. The first-order chi connectivity index (χ1) is 6.61. The molecule has 0 aliphatic rings. The Morgan fingerprint density at radius 1 is 1.57 bits per heavy atom. The van der Waals surface area contributed by atoms with Gasteiger partial charge < -0.3 is 4.98 Å². The number of rotatable bonds is 1. The molecule has 3 nitrogen and oxygen atoms in total. The van der Waals surface area contributed by atoms with Crippen molar-refractivity contribution >= 4 is 32.7 Å². The quantitative estimate of drug-likeness (QED) is 0.794. The van der Waals surface area contributed by atoms with Crippen molar-refractivity contribution in [2.24, 2.45) is 0 Å². The molecule has 0 atom stereocenters. The number of aryl methyl sites for hydroxylation is 1. The van der Waals surface area contributed by atoms with E-state index in [-0.39, 0.29) is 5.78 Å². The summed E-state index contributed by atoms with van der Waals surface area (Å²) in [6.07, 6.45) is 3.44. The lowest BCUT2D eigenvalue weighted by Crippen LogP contribution is -1.91. The normalized spacial score (nSPS) is 10.8. The van der Waals surface area contributed by atoms with Gasteiger partial charge in [0.1, 0.15) is 5.65 Å². The Balaban J connectivity index is 2.89. The summed E-state index contributed by atoms with van der Waals surface area (Å²) in [5, 5.41) is 0.909. The summed E-state index contributed by atoms with van der Waals surface area (Å²) in [6.45, 7) is 3.53. The Morgan fingerprint density at radius 2 is 2.29 bits per heavy atom. The summed E-state index contributed by atoms with van der Waals surface area (Å²) in [5.74, 6) is 0.0549. The molecule has 0 fully saturated rings. The SMILES string of the molecule is CC(=O)c1c[nH]c2ncc(Br)c(C)c12. The molecule has 0 aliphatic heterocycles. The molecule has 0 unspecified atom stereocenters. The van der Waals surface area contributed by atoms with E-state index in [4.69, 9.17) is 0 Å². The minimum atomic E-state index is 0.0549. The zero-order chi connectivity index (χ0) is 10.3. The van der Waals surface area contributed by atoms with Gasteiger partial charge in [0.25, 0.3) is 0 Å². The summed E-state index contributed by atoms with van der Waals surface area (Å²) in [5.41, 5.74) is 2.50. The molecule has 72 valence electrons. The second-order valence-corrected chi connectivity index (χ2v) is 4.07. The minimum Gasteiger partial charge on any atom is -0.345 e. The Hall–Kier alpha value is -1.16. The second kappa shape index (κ2) is 3.20. The van der Waals surface area contributed by atoms with Gasteiger partial charge in [-0.25, -0.2) is 4.98 Å². The van der Waals surface area contributed by atoms with Crippen LogP contribution in [0.3, 0.4) is 0 Å². The van der Waals surface area contributed by atoms with Crippen LogP contribution < -0.4 is 0 Å². The van der Waals surface area contributed by atoms with Gasteiger partial charge in [-0.1, -0.05) is 0 Å². The van der Waals surface area contributed by atoms with E-state index in [2.05, 4.69) is 25.9 Å². The molecule has 4 heteroatoms. The molecule has 0 radical (unpaired) electrons. The molecule has 2 aromatic heterocycles. The van der Waals surface area contributed by atoms with Gasteiger partial charge in [0.15, 0.2) is 5.78 Å². The highest BCUT2D eigenvalue weighted by Crippen LogP contribution is 2.26. The lowest BCUT2D eigenvalue weighted by molar-refractivity contribution is 0.101. The third-order valence-corrected chi connectivity index (χ3v) is 3.08. The van der Waals surface area contributed by atoms with Gasteiger partial charge >= 0.3 is 0 Å². The second-order valence-electron chi connectivity index (χ2n) is 3.21. The number of carbonyl (C=O) groups excluding carboxylic acids is 1. The summed E-state index contributed by atoms with van der Waals surface area (Å²) in [4.78, 5) is 18.5. The van der Waals surface area contributed by atoms with Crippen LogP contribution in [0.2, 0.25) is 0 Å². The van der Waals surface area contributed by atoms with Gasteiger partial charge in [-0.15, -0.1) is 0 Å². The predicted molar refractivity (Wildman–Crippen MR) is 58.5 cm³/mol. The largest absolute Gasteiger partial charge is 0.345 e. The predicted octanol–water partition coefficient (Wildman–Crippen LogP) is 2.84. The fourth-order valence-corrected chi connectivity index (χ4v) is 1.81. The summed E-state index contributed by atoms with van der Waals surface area (Å²) >= 11 is 3.40. The van der Waals surface area contributed by atoms with Gasteiger partial charge in [-0.3, -0.25) is 4.79 Å². The average Bonchev–Trinajstić information content (AvgIpc) is 2.55. The van der Waals surface area contributed by atoms with E-state index >= 15 is 0 Å². The minimum absolute atomic E-state index is 0.0549. The molecule has 2 heterocycles. The number of Topliss-reactive ketones (excluding diaryl/α,β-unsaturated/α-hetero) is 1. The van der Waals surface area contributed by atoms with E-state index in [1.807, 2.05) is 6.92 Å². The highest BCUT2D eigenvalue weighted by molar-refractivity contribution is 9.10. The number of hydrogen-bond donors (Lipinski definition) is 1. The number of halogens is 1. The summed E-state index contributed by atoms with van der Waals surface area (Å²) in [7, 11) is 0. The number of pyridine rings is 1. The Morgan fingerprint density at radius 3 is 2.93 bits per heavy atom. The standard InChI is InChI=1S/C10H9BrN2O/c1-5-8(11)4-13-10-9(5)7(3-12-10)6(2)14/h3-4H,1-2H3,(H,12,13). The number of carbonyl (C=O) groups is 1. The lowest BCUT2D eigenvalue weighted by atomic mass is 10.1. The van der Waals surface area contributed by atoms with Gasteiger partial charge in [0, 0.05) is 27.8 Å². The molecule has 1 N–H and O–H groups in total. The molecule has 0 saturated heterocycles. The van der Waals surface area contributed by atoms with Crippen LogP contribution in [0, 0.1) is 6.92 Å². The van der Waals surface area contributed by atoms with Crippen molar-refractivity contribution in [2.45, 2.75) is 13.8 Å². The van der Waals surface area contributed by atoms with Gasteiger partial charge in [-0.2, -0.15) is 0 Å². The van der Waals surface area contributed by atoms with Crippen molar-refractivity contribution in [2.75, 3.05) is 0 Å². The fraction of sp³-hybridized carbons (Fsp3) is 0.200. The van der Waals surface area contributed by atoms with E-state index in [0.29, 0.717) is 5.56 Å². The molecule has 2 aromatic rings. The highest BCUT2D eigenvalue weighted by Gasteiger charge is 2.12. The number of nitrogens with zero attached hydrogens (tertiary/aromatic N) is 1. The van der Waals surface area contributed by atoms with E-state index < -0.39 is 0 Å². The van der Waals surface area contributed by atoms with Crippen LogP contribution in [0.1, 0.15) is 22.8 Å². The molecule has 0 amide bonds. The molecule has 0 saturated carbocycles. The maximum absolute atomic E-state index is 11.3. The van der Waals surface area contributed by atoms with Crippen LogP contribution in [-0.4, -0.2) is 15.8 Å². The fourth-order valence-electron chi connectivity index (χ4n) is 1.51. The molecule has 0 aromatic carbocycles. The number of hydrogen-bond acceptors (Lipinski definition) is 2. The van der Waals surface area contributed by atoms with E-state index in [9.17, 15) is 4.79 Å². The molecule has 0 spiro atoms. The molecule has 0 aliphatic carbocycles. The van der Waals surface area contributed by atoms with Crippen LogP contribution in [0.25, 0.3) is 11.0 Å². The maximum atomic E-state index is 11.3. The van der Waals surface area contributed by atoms with E-state index in [1.54, 1.807) is 19.3 Å². The monoisotopic (exact) mass is 252 g/mol. The number of fused-ring (bicyclic) bond motifs is 1. The van der Waals surface area contributed by atoms with Crippen molar-refractivity contribution in [1.82, 2.24) is 9.97 Å². The zero-order valence-electron chi connectivity index (χ0n) is 7.89. The first-order valence-electron chi connectivity index (χ1n) is 4.24. The average molecular weight is 253 g/mol. The number of aromatic nitrogens is 2. The van der Waals surface area contributed by atoms with Crippen molar-refractivity contribution in [3.05, 3.63) is 28.0 Å². The Labute approximate surface area is 89.7 Å². The number of nitrogens with one attached hydrogen (secondary N) is 1. The summed E-state index contributed by atoms with van der Waals surface area (Å²) < 4.78 is 0.923.